The van der Waals surface area contributed by atoms with Crippen LogP contribution in [0.5, 0.6) is 5.75 Å². The van der Waals surface area contributed by atoms with Gasteiger partial charge in [0.15, 0.2) is 0 Å². The summed E-state index contributed by atoms with van der Waals surface area (Å²) in [4.78, 5) is 14.2. The van der Waals surface area contributed by atoms with E-state index >= 15 is 0 Å². The molecule has 0 unspecified atom stereocenters. The molecule has 2 aromatic rings. The molecule has 0 aliphatic heterocycles. The molecule has 0 saturated heterocycles. The largest absolute Gasteiger partial charge is 0.496 e. The van der Waals surface area contributed by atoms with E-state index in [1.165, 1.54) is 11.6 Å². The zero-order chi connectivity index (χ0) is 12.1. The topological polar surface area (TPSA) is 42.1 Å². The lowest BCUT2D eigenvalue weighted by molar-refractivity contribution is 0.413. The first kappa shape index (κ1) is 11.5. The number of hydrogen-bond donors (Lipinski definition) is 1. The van der Waals surface area contributed by atoms with Crippen LogP contribution in [0.1, 0.15) is 11.3 Å². The van der Waals surface area contributed by atoms with Crippen molar-refractivity contribution in [1.29, 1.82) is 0 Å². The number of pyridine rings is 1. The molecule has 0 aliphatic carbocycles. The highest BCUT2D eigenvalue weighted by Crippen LogP contribution is 2.10. The van der Waals surface area contributed by atoms with Gasteiger partial charge in [0.05, 0.1) is 7.11 Å². The number of benzene rings is 1. The first-order valence-electron chi connectivity index (χ1n) is 5.59. The normalized spacial score (nSPS) is 10.2. The van der Waals surface area contributed by atoms with Crippen molar-refractivity contribution in [2.24, 2.45) is 0 Å². The molecule has 0 bridgehead atoms. The van der Waals surface area contributed by atoms with Crippen molar-refractivity contribution in [2.45, 2.75) is 12.8 Å². The highest BCUT2D eigenvalue weighted by atomic mass is 16.5. The summed E-state index contributed by atoms with van der Waals surface area (Å²) in [6.07, 6.45) is 1.71. The molecule has 0 atom stereocenters. The maximum atomic E-state index is 11.3. The van der Waals surface area contributed by atoms with Gasteiger partial charge in [-0.05, 0) is 24.5 Å². The number of ether oxygens (including phenoxy) is 1. The Labute approximate surface area is 100 Å². The minimum absolute atomic E-state index is 0.118. The second kappa shape index (κ2) is 5.34. The minimum atomic E-state index is -0.118. The predicted octanol–water partition coefficient (Wildman–Crippen LogP) is 2.17. The molecular weight excluding hydrogens is 214 g/mol. The van der Waals surface area contributed by atoms with Crippen LogP contribution in [0.15, 0.2) is 47.3 Å². The first-order valence-corrected chi connectivity index (χ1v) is 5.59. The van der Waals surface area contributed by atoms with E-state index in [1.807, 2.05) is 24.3 Å². The Morgan fingerprint density at radius 1 is 1.12 bits per heavy atom. The summed E-state index contributed by atoms with van der Waals surface area (Å²) in [5.74, 6) is 0.608. The Morgan fingerprint density at radius 2 is 1.88 bits per heavy atom. The molecule has 0 fully saturated rings. The summed E-state index contributed by atoms with van der Waals surface area (Å²) in [6, 6.07) is 13.5. The summed E-state index contributed by atoms with van der Waals surface area (Å²) in [6.45, 7) is 0. The van der Waals surface area contributed by atoms with Gasteiger partial charge in [-0.25, -0.2) is 0 Å². The van der Waals surface area contributed by atoms with Crippen LogP contribution in [-0.4, -0.2) is 12.1 Å². The van der Waals surface area contributed by atoms with Crippen LogP contribution in [0.3, 0.4) is 0 Å². The average Bonchev–Trinajstić information content (AvgIpc) is 2.37. The lowest BCUT2D eigenvalue weighted by atomic mass is 10.1. The maximum absolute atomic E-state index is 11.3. The highest BCUT2D eigenvalue weighted by Gasteiger charge is 2.00. The van der Waals surface area contributed by atoms with Crippen molar-refractivity contribution in [1.82, 2.24) is 4.98 Å². The number of aromatic amines is 1. The lowest BCUT2D eigenvalue weighted by Crippen LogP contribution is -2.08. The third-order valence-electron chi connectivity index (χ3n) is 2.64. The van der Waals surface area contributed by atoms with Crippen molar-refractivity contribution >= 4 is 0 Å². The first-order chi connectivity index (χ1) is 8.28. The van der Waals surface area contributed by atoms with Crippen LogP contribution < -0.4 is 10.3 Å². The van der Waals surface area contributed by atoms with E-state index < -0.39 is 0 Å². The second-order valence-corrected chi connectivity index (χ2v) is 3.90. The van der Waals surface area contributed by atoms with E-state index in [4.69, 9.17) is 4.74 Å². The number of rotatable bonds is 4. The Hall–Kier alpha value is -2.03. The van der Waals surface area contributed by atoms with Crippen LogP contribution in [0.25, 0.3) is 0 Å². The quantitative estimate of drug-likeness (QED) is 0.873. The third-order valence-corrected chi connectivity index (χ3v) is 2.64. The second-order valence-electron chi connectivity index (χ2n) is 3.90. The number of hydrogen-bond acceptors (Lipinski definition) is 2. The Morgan fingerprint density at radius 3 is 2.59 bits per heavy atom. The van der Waals surface area contributed by atoms with Crippen LogP contribution in [0.4, 0.5) is 0 Å². The molecule has 0 amide bonds. The SMILES string of the molecule is COc1cc(CCc2ccccc2)[nH]c(=O)c1. The van der Waals surface area contributed by atoms with Gasteiger partial charge in [0, 0.05) is 11.8 Å². The molecule has 88 valence electrons. The molecule has 2 rings (SSSR count). The molecule has 0 radical (unpaired) electrons. The van der Waals surface area contributed by atoms with E-state index in [0.29, 0.717) is 5.75 Å². The maximum Gasteiger partial charge on any atom is 0.251 e. The predicted molar refractivity (Wildman–Crippen MR) is 67.5 cm³/mol. The van der Waals surface area contributed by atoms with Crippen molar-refractivity contribution in [3.63, 3.8) is 0 Å². The van der Waals surface area contributed by atoms with Gasteiger partial charge in [-0.2, -0.15) is 0 Å². The molecule has 17 heavy (non-hydrogen) atoms. The fourth-order valence-corrected chi connectivity index (χ4v) is 1.75. The van der Waals surface area contributed by atoms with Crippen molar-refractivity contribution < 1.29 is 4.74 Å². The molecule has 1 aromatic heterocycles. The van der Waals surface area contributed by atoms with E-state index in [0.717, 1.165) is 18.5 Å². The molecule has 3 nitrogen and oxygen atoms in total. The van der Waals surface area contributed by atoms with Gasteiger partial charge in [0.25, 0.3) is 5.56 Å². The van der Waals surface area contributed by atoms with Gasteiger partial charge in [-0.1, -0.05) is 30.3 Å². The third kappa shape index (κ3) is 3.21. The summed E-state index contributed by atoms with van der Waals surface area (Å²) in [7, 11) is 1.57. The van der Waals surface area contributed by atoms with Crippen LogP contribution in [0, 0.1) is 0 Å². The molecule has 1 aromatic carbocycles. The molecule has 0 saturated carbocycles. The number of aromatic nitrogens is 1. The highest BCUT2D eigenvalue weighted by molar-refractivity contribution is 5.24. The summed E-state index contributed by atoms with van der Waals surface area (Å²) >= 11 is 0. The minimum Gasteiger partial charge on any atom is -0.496 e. The Bertz CT molecular complexity index is 531. The molecule has 1 heterocycles. The van der Waals surface area contributed by atoms with Gasteiger partial charge < -0.3 is 9.72 Å². The van der Waals surface area contributed by atoms with Crippen LogP contribution >= 0.6 is 0 Å². The van der Waals surface area contributed by atoms with Crippen molar-refractivity contribution in [2.75, 3.05) is 7.11 Å². The molecule has 3 heteroatoms. The number of methoxy groups -OCH3 is 1. The monoisotopic (exact) mass is 229 g/mol. The fourth-order valence-electron chi connectivity index (χ4n) is 1.75. The lowest BCUT2D eigenvalue weighted by Gasteiger charge is -2.04. The standard InChI is InChI=1S/C14H15NO2/c1-17-13-9-12(15-14(16)10-13)8-7-11-5-3-2-4-6-11/h2-6,9-10H,7-8H2,1H3,(H,15,16). The van der Waals surface area contributed by atoms with Crippen LogP contribution in [-0.2, 0) is 12.8 Å². The summed E-state index contributed by atoms with van der Waals surface area (Å²) < 4.78 is 5.07. The zero-order valence-corrected chi connectivity index (χ0v) is 9.77. The van der Waals surface area contributed by atoms with Gasteiger partial charge in [0.2, 0.25) is 0 Å². The summed E-state index contributed by atoms with van der Waals surface area (Å²) in [5.41, 5.74) is 2.04. The van der Waals surface area contributed by atoms with E-state index in [9.17, 15) is 4.79 Å². The number of nitrogens with one attached hydrogen (secondary N) is 1. The number of aryl methyl sites for hydroxylation is 2. The van der Waals surface area contributed by atoms with Crippen LogP contribution in [0.2, 0.25) is 0 Å². The molecule has 1 N–H and O–H groups in total. The van der Waals surface area contributed by atoms with Gasteiger partial charge in [0.1, 0.15) is 5.75 Å². The van der Waals surface area contributed by atoms with Crippen molar-refractivity contribution in [3.05, 3.63) is 64.1 Å². The average molecular weight is 229 g/mol. The van der Waals surface area contributed by atoms with Gasteiger partial charge in [-0.3, -0.25) is 4.79 Å². The molecular formula is C14H15NO2. The van der Waals surface area contributed by atoms with Gasteiger partial charge >= 0.3 is 0 Å². The smallest absolute Gasteiger partial charge is 0.251 e. The Kier molecular flexibility index (Phi) is 3.60. The molecule has 0 aliphatic rings. The Balaban J connectivity index is 2.09. The van der Waals surface area contributed by atoms with Gasteiger partial charge in [-0.15, -0.1) is 0 Å². The fraction of sp³-hybridized carbons (Fsp3) is 0.214. The zero-order valence-electron chi connectivity index (χ0n) is 9.77. The van der Waals surface area contributed by atoms with E-state index in [1.54, 1.807) is 7.11 Å². The number of H-pyrrole nitrogens is 1. The van der Waals surface area contributed by atoms with E-state index in [2.05, 4.69) is 17.1 Å². The summed E-state index contributed by atoms with van der Waals surface area (Å²) in [5, 5.41) is 0. The van der Waals surface area contributed by atoms with Crippen molar-refractivity contribution in [3.8, 4) is 5.75 Å². The molecule has 0 spiro atoms. The van der Waals surface area contributed by atoms with E-state index in [-0.39, 0.29) is 5.56 Å².